The van der Waals surface area contributed by atoms with Crippen LogP contribution in [0, 0.1) is 20.8 Å². The van der Waals surface area contributed by atoms with Gasteiger partial charge in [-0.3, -0.25) is 14.2 Å². The number of aromatic nitrogens is 2. The first-order valence-electron chi connectivity index (χ1n) is 12.6. The molecule has 0 bridgehead atoms. The van der Waals surface area contributed by atoms with Crippen LogP contribution in [0.4, 0.5) is 17.2 Å². The molecule has 0 radical (unpaired) electrons. The molecule has 1 aromatic carbocycles. The van der Waals surface area contributed by atoms with Crippen LogP contribution >= 0.6 is 0 Å². The van der Waals surface area contributed by atoms with Crippen LogP contribution in [0.5, 0.6) is 0 Å². The van der Waals surface area contributed by atoms with Crippen molar-refractivity contribution >= 4 is 29.1 Å². The molecule has 1 amide bonds. The zero-order valence-electron chi connectivity index (χ0n) is 21.3. The minimum absolute atomic E-state index is 0.0548. The molecule has 5 rings (SSSR count). The highest BCUT2D eigenvalue weighted by molar-refractivity contribution is 5.98. The first kappa shape index (κ1) is 24.5. The van der Waals surface area contributed by atoms with Gasteiger partial charge >= 0.3 is 5.97 Å². The van der Waals surface area contributed by atoms with Crippen LogP contribution in [0.15, 0.2) is 41.3 Å². The summed E-state index contributed by atoms with van der Waals surface area (Å²) in [6, 6.07) is 9.39. The zero-order valence-corrected chi connectivity index (χ0v) is 21.3. The molecule has 9 heteroatoms. The van der Waals surface area contributed by atoms with Gasteiger partial charge in [0.15, 0.2) is 0 Å². The Morgan fingerprint density at radius 3 is 2.49 bits per heavy atom. The maximum atomic E-state index is 13.7. The lowest BCUT2D eigenvalue weighted by Crippen LogP contribution is -2.48. The second-order valence-electron chi connectivity index (χ2n) is 10.1. The molecule has 37 heavy (non-hydrogen) atoms. The number of aromatic carboxylic acids is 1. The minimum atomic E-state index is -1.16. The van der Waals surface area contributed by atoms with Crippen LogP contribution < -0.4 is 21.5 Å². The van der Waals surface area contributed by atoms with E-state index in [4.69, 9.17) is 0 Å². The van der Waals surface area contributed by atoms with E-state index in [2.05, 4.69) is 46.9 Å². The summed E-state index contributed by atoms with van der Waals surface area (Å²) in [7, 11) is 0. The normalized spacial score (nSPS) is 15.8. The first-order valence-corrected chi connectivity index (χ1v) is 12.6. The van der Waals surface area contributed by atoms with E-state index in [1.165, 1.54) is 17.3 Å². The third kappa shape index (κ3) is 4.45. The molecule has 9 nitrogen and oxygen atoms in total. The summed E-state index contributed by atoms with van der Waals surface area (Å²) >= 11 is 0. The van der Waals surface area contributed by atoms with Crippen molar-refractivity contribution in [3.63, 3.8) is 0 Å². The summed E-state index contributed by atoms with van der Waals surface area (Å²) in [4.78, 5) is 42.7. The SMILES string of the molecule is Cc1ccc(CNc2cc(Nc3cc(C)c4n(c3=O)C3(CCCCC3)NC4=O)c(C(=O)O)cn2)cc1C. The molecule has 2 aliphatic rings. The van der Waals surface area contributed by atoms with Gasteiger partial charge in [0.05, 0.1) is 5.69 Å². The van der Waals surface area contributed by atoms with Crippen molar-refractivity contribution < 1.29 is 14.7 Å². The molecule has 3 heterocycles. The summed E-state index contributed by atoms with van der Waals surface area (Å²) in [6.07, 6.45) is 5.57. The molecule has 2 aromatic heterocycles. The van der Waals surface area contributed by atoms with E-state index in [0.717, 1.165) is 24.8 Å². The number of anilines is 3. The molecule has 192 valence electrons. The molecule has 0 atom stereocenters. The predicted octanol–water partition coefficient (Wildman–Crippen LogP) is 4.58. The Labute approximate surface area is 214 Å². The number of hydrogen-bond acceptors (Lipinski definition) is 6. The van der Waals surface area contributed by atoms with E-state index in [0.29, 0.717) is 36.5 Å². The quantitative estimate of drug-likeness (QED) is 0.389. The van der Waals surface area contributed by atoms with E-state index in [1.807, 2.05) is 6.07 Å². The number of nitrogens with zero attached hydrogens (tertiary/aromatic N) is 2. The number of nitrogens with one attached hydrogen (secondary N) is 3. The average molecular weight is 502 g/mol. The third-order valence-corrected chi connectivity index (χ3v) is 7.51. The maximum absolute atomic E-state index is 13.7. The summed E-state index contributed by atoms with van der Waals surface area (Å²) in [5, 5.41) is 19.1. The number of fused-ring (bicyclic) bond motifs is 2. The molecule has 1 aliphatic carbocycles. The lowest BCUT2D eigenvalue weighted by atomic mass is 9.89. The number of carbonyl (C=O) groups excluding carboxylic acids is 1. The standard InChI is InChI=1S/C28H31N5O4/c1-16-7-8-19(11-17(16)2)14-29-23-13-21(20(15-30-23)27(36)37)31-22-12-18(3)24-25(34)32-28(33(24)26(22)35)9-5-4-6-10-28/h7-8,11-13,15H,4-6,9-10,14H2,1-3H3,(H,32,34)(H,36,37)(H2,29,30,31). The molecule has 0 unspecified atom stereocenters. The number of rotatable bonds is 6. The van der Waals surface area contributed by atoms with E-state index in [1.54, 1.807) is 23.6 Å². The monoisotopic (exact) mass is 501 g/mol. The van der Waals surface area contributed by atoms with Gasteiger partial charge in [-0.2, -0.15) is 0 Å². The van der Waals surface area contributed by atoms with Crippen LogP contribution in [0.1, 0.15) is 75.2 Å². The van der Waals surface area contributed by atoms with Crippen molar-refractivity contribution in [3.8, 4) is 0 Å². The van der Waals surface area contributed by atoms with E-state index in [9.17, 15) is 19.5 Å². The van der Waals surface area contributed by atoms with Gasteiger partial charge in [0.2, 0.25) is 0 Å². The molecule has 1 saturated carbocycles. The smallest absolute Gasteiger partial charge is 0.339 e. The highest BCUT2D eigenvalue weighted by Gasteiger charge is 2.45. The van der Waals surface area contributed by atoms with Gasteiger partial charge in [0.1, 0.15) is 28.4 Å². The molecular weight excluding hydrogens is 470 g/mol. The van der Waals surface area contributed by atoms with Gasteiger partial charge in [0, 0.05) is 18.8 Å². The molecule has 4 N–H and O–H groups in total. The van der Waals surface area contributed by atoms with E-state index < -0.39 is 11.6 Å². The number of aryl methyl sites for hydroxylation is 3. The average Bonchev–Trinajstić information content (AvgIpc) is 3.15. The minimum Gasteiger partial charge on any atom is -0.478 e. The summed E-state index contributed by atoms with van der Waals surface area (Å²) in [5.41, 5.74) is 3.84. The number of carboxylic acids is 1. The summed E-state index contributed by atoms with van der Waals surface area (Å²) in [6.45, 7) is 6.41. The number of carbonyl (C=O) groups is 2. The highest BCUT2D eigenvalue weighted by Crippen LogP contribution is 2.37. The van der Waals surface area contributed by atoms with Crippen LogP contribution in [0.2, 0.25) is 0 Å². The van der Waals surface area contributed by atoms with Crippen molar-refractivity contribution in [2.75, 3.05) is 10.6 Å². The van der Waals surface area contributed by atoms with Crippen molar-refractivity contribution in [2.24, 2.45) is 0 Å². The van der Waals surface area contributed by atoms with Gasteiger partial charge in [-0.05, 0) is 74.8 Å². The fourth-order valence-electron chi connectivity index (χ4n) is 5.41. The lowest BCUT2D eigenvalue weighted by Gasteiger charge is -2.35. The fraction of sp³-hybridized carbons (Fsp3) is 0.357. The second kappa shape index (κ2) is 9.38. The predicted molar refractivity (Wildman–Crippen MR) is 142 cm³/mol. The Kier molecular flexibility index (Phi) is 6.23. The van der Waals surface area contributed by atoms with Gasteiger partial charge in [-0.1, -0.05) is 24.6 Å². The first-order chi connectivity index (χ1) is 17.7. The topological polar surface area (TPSA) is 125 Å². The van der Waals surface area contributed by atoms with E-state index >= 15 is 0 Å². The molecule has 0 saturated heterocycles. The van der Waals surface area contributed by atoms with Crippen LogP contribution in [0.25, 0.3) is 0 Å². The second-order valence-corrected chi connectivity index (χ2v) is 10.1. The van der Waals surface area contributed by atoms with Crippen LogP contribution in [0.3, 0.4) is 0 Å². The summed E-state index contributed by atoms with van der Waals surface area (Å²) < 4.78 is 1.59. The maximum Gasteiger partial charge on any atom is 0.339 e. The number of amides is 1. The molecular formula is C28H31N5O4. The van der Waals surface area contributed by atoms with Crippen LogP contribution in [-0.2, 0) is 12.2 Å². The van der Waals surface area contributed by atoms with Gasteiger partial charge < -0.3 is 21.1 Å². The third-order valence-electron chi connectivity index (χ3n) is 7.51. The fourth-order valence-corrected chi connectivity index (χ4v) is 5.41. The lowest BCUT2D eigenvalue weighted by molar-refractivity contribution is 0.0697. The van der Waals surface area contributed by atoms with Crippen LogP contribution in [-0.4, -0.2) is 26.5 Å². The number of benzene rings is 1. The van der Waals surface area contributed by atoms with Crippen molar-refractivity contribution in [1.82, 2.24) is 14.9 Å². The summed E-state index contributed by atoms with van der Waals surface area (Å²) in [5.74, 6) is -0.922. The Morgan fingerprint density at radius 1 is 1.03 bits per heavy atom. The molecule has 1 aliphatic heterocycles. The molecule has 1 fully saturated rings. The Morgan fingerprint density at radius 2 is 1.78 bits per heavy atom. The van der Waals surface area contributed by atoms with Gasteiger partial charge in [-0.15, -0.1) is 0 Å². The number of hydrogen-bond donors (Lipinski definition) is 4. The van der Waals surface area contributed by atoms with Crippen molar-refractivity contribution in [1.29, 1.82) is 0 Å². The van der Waals surface area contributed by atoms with Gasteiger partial charge in [-0.25, -0.2) is 9.78 Å². The zero-order chi connectivity index (χ0) is 26.3. The largest absolute Gasteiger partial charge is 0.478 e. The van der Waals surface area contributed by atoms with E-state index in [-0.39, 0.29) is 28.4 Å². The Bertz CT molecular complexity index is 1470. The Hall–Kier alpha value is -4.14. The molecule has 1 spiro atoms. The molecule has 3 aromatic rings. The number of pyridine rings is 2. The van der Waals surface area contributed by atoms with Crippen molar-refractivity contribution in [3.05, 3.63) is 80.4 Å². The van der Waals surface area contributed by atoms with Crippen molar-refractivity contribution in [2.45, 2.75) is 65.1 Å². The highest BCUT2D eigenvalue weighted by atomic mass is 16.4. The number of carboxylic acid groups (broad SMARTS) is 1. The Balaban J connectivity index is 1.49. The van der Waals surface area contributed by atoms with Gasteiger partial charge in [0.25, 0.3) is 11.5 Å².